The van der Waals surface area contributed by atoms with E-state index in [9.17, 15) is 9.90 Å². The zero-order chi connectivity index (χ0) is 20.7. The van der Waals surface area contributed by atoms with Crippen molar-refractivity contribution in [2.45, 2.75) is 51.0 Å². The van der Waals surface area contributed by atoms with Gasteiger partial charge in [-0.05, 0) is 63.4 Å². The van der Waals surface area contributed by atoms with E-state index in [1.54, 1.807) is 0 Å². The molecule has 1 aliphatic heterocycles. The van der Waals surface area contributed by atoms with Crippen LogP contribution >= 0.6 is 0 Å². The van der Waals surface area contributed by atoms with Crippen LogP contribution < -0.4 is 0 Å². The molecule has 3 rings (SSSR count). The lowest BCUT2D eigenvalue weighted by Crippen LogP contribution is -2.45. The molecule has 0 aromatic heterocycles. The molecule has 0 radical (unpaired) electrons. The molecule has 156 valence electrons. The average molecular weight is 396 g/mol. The number of ether oxygens (including phenoxy) is 1. The van der Waals surface area contributed by atoms with Gasteiger partial charge in [-0.15, -0.1) is 0 Å². The Kier molecular flexibility index (Phi) is 7.45. The summed E-state index contributed by atoms with van der Waals surface area (Å²) in [4.78, 5) is 12.9. The van der Waals surface area contributed by atoms with Crippen LogP contribution in [0, 0.1) is 0 Å². The van der Waals surface area contributed by atoms with Gasteiger partial charge in [-0.3, -0.25) is 0 Å². The fourth-order valence-corrected chi connectivity index (χ4v) is 4.44. The van der Waals surface area contributed by atoms with E-state index in [4.69, 9.17) is 4.74 Å². The number of hydrogen-bond acceptors (Lipinski definition) is 4. The maximum Gasteiger partial charge on any atom is 0.122 e. The van der Waals surface area contributed by atoms with Crippen LogP contribution in [0.4, 0.5) is 0 Å². The minimum Gasteiger partial charge on any atom is -0.508 e. The van der Waals surface area contributed by atoms with Gasteiger partial charge in [0.05, 0.1) is 13.2 Å². The summed E-state index contributed by atoms with van der Waals surface area (Å²) < 4.78 is 5.54. The molecule has 0 bridgehead atoms. The zero-order valence-corrected chi connectivity index (χ0v) is 17.6. The number of benzene rings is 2. The van der Waals surface area contributed by atoms with Crippen molar-refractivity contribution < 1.29 is 14.6 Å². The van der Waals surface area contributed by atoms with Crippen molar-refractivity contribution in [1.29, 1.82) is 0 Å². The number of rotatable bonds is 9. The summed E-state index contributed by atoms with van der Waals surface area (Å²) in [5.74, 6) is 0.373. The Balaban J connectivity index is 1.88. The van der Waals surface area contributed by atoms with Crippen LogP contribution in [0.3, 0.4) is 0 Å². The Bertz CT molecular complexity index is 780. The van der Waals surface area contributed by atoms with Crippen LogP contribution in [0.5, 0.6) is 5.75 Å². The molecule has 4 nitrogen and oxygen atoms in total. The van der Waals surface area contributed by atoms with Crippen LogP contribution in [0.1, 0.15) is 49.8 Å². The molecular weight excluding hydrogens is 362 g/mol. The number of phenolic OH excluding ortho intramolecular Hbond substituents is 1. The van der Waals surface area contributed by atoms with Gasteiger partial charge in [0.15, 0.2) is 0 Å². The van der Waals surface area contributed by atoms with Crippen molar-refractivity contribution in [1.82, 2.24) is 4.90 Å². The van der Waals surface area contributed by atoms with E-state index in [2.05, 4.69) is 49.1 Å². The highest BCUT2D eigenvalue weighted by Crippen LogP contribution is 2.45. The molecular formula is C25H33NO3. The van der Waals surface area contributed by atoms with E-state index < -0.39 is 0 Å². The van der Waals surface area contributed by atoms with Crippen LogP contribution in [0.25, 0.3) is 0 Å². The summed E-state index contributed by atoms with van der Waals surface area (Å²) in [7, 11) is 0. The molecule has 0 unspecified atom stereocenters. The van der Waals surface area contributed by atoms with Gasteiger partial charge in [-0.1, -0.05) is 42.5 Å². The third-order valence-electron chi connectivity index (χ3n) is 6.20. The fourth-order valence-electron chi connectivity index (χ4n) is 4.44. The number of hydrogen-bond donors (Lipinski definition) is 1. The van der Waals surface area contributed by atoms with Gasteiger partial charge in [-0.25, -0.2) is 0 Å². The second kappa shape index (κ2) is 10.0. The monoisotopic (exact) mass is 395 g/mol. The normalized spacial score (nSPS) is 16.8. The molecule has 1 saturated heterocycles. The highest BCUT2D eigenvalue weighted by molar-refractivity contribution is 5.49. The molecule has 1 N–H and O–H groups in total. The van der Waals surface area contributed by atoms with E-state index in [1.165, 1.54) is 5.56 Å². The third kappa shape index (κ3) is 5.06. The molecule has 0 saturated carbocycles. The van der Waals surface area contributed by atoms with Gasteiger partial charge in [0.1, 0.15) is 12.0 Å². The van der Waals surface area contributed by atoms with Crippen LogP contribution in [0.15, 0.2) is 48.5 Å². The summed E-state index contributed by atoms with van der Waals surface area (Å²) in [5, 5.41) is 10.8. The molecule has 1 heterocycles. The Morgan fingerprint density at radius 1 is 1.10 bits per heavy atom. The van der Waals surface area contributed by atoms with E-state index in [0.717, 1.165) is 49.8 Å². The number of carbonyl (C=O) groups excluding carboxylic acids is 1. The number of piperidine rings is 1. The predicted octanol–water partition coefficient (Wildman–Crippen LogP) is 4.33. The van der Waals surface area contributed by atoms with Crippen LogP contribution in [0.2, 0.25) is 0 Å². The molecule has 0 amide bonds. The third-order valence-corrected chi connectivity index (χ3v) is 6.20. The Hall–Kier alpha value is -2.17. The van der Waals surface area contributed by atoms with Crippen molar-refractivity contribution in [3.05, 3.63) is 65.2 Å². The lowest BCUT2D eigenvalue weighted by atomic mass is 9.67. The van der Waals surface area contributed by atoms with Gasteiger partial charge in [0.25, 0.3) is 0 Å². The Morgan fingerprint density at radius 3 is 2.48 bits per heavy atom. The molecule has 2 aromatic carbocycles. The number of aromatic hydroxyl groups is 1. The quantitative estimate of drug-likeness (QED) is 0.507. The first-order valence-electron chi connectivity index (χ1n) is 10.7. The SMILES string of the molecule is CC(C)N1CCC(c2ccccc2)(c2cc(CCOCCC=O)ccc2O)CC1. The number of phenols is 1. The van der Waals surface area contributed by atoms with Crippen molar-refractivity contribution in [3.63, 3.8) is 0 Å². The topological polar surface area (TPSA) is 49.8 Å². The molecule has 2 aromatic rings. The molecule has 1 aliphatic rings. The minimum atomic E-state index is -0.175. The van der Waals surface area contributed by atoms with E-state index >= 15 is 0 Å². The lowest BCUT2D eigenvalue weighted by Gasteiger charge is -2.44. The standard InChI is InChI=1S/C25H33NO3/c1-20(2)26-14-12-25(13-15-26,22-7-4-3-5-8-22)23-19-21(9-10-24(23)28)11-18-29-17-6-16-27/h3-5,7-10,16,19-20,28H,6,11-15,17-18H2,1-2H3. The highest BCUT2D eigenvalue weighted by Gasteiger charge is 2.40. The molecule has 4 heteroatoms. The second-order valence-electron chi connectivity index (χ2n) is 8.25. The number of carbonyl (C=O) groups is 1. The molecule has 0 aliphatic carbocycles. The van der Waals surface area contributed by atoms with Crippen LogP contribution in [-0.2, 0) is 21.4 Å². The van der Waals surface area contributed by atoms with Gasteiger partial charge in [-0.2, -0.15) is 0 Å². The summed E-state index contributed by atoms with van der Waals surface area (Å²) >= 11 is 0. The number of nitrogens with zero attached hydrogens (tertiary/aromatic N) is 1. The molecule has 1 fully saturated rings. The largest absolute Gasteiger partial charge is 0.508 e. The summed E-state index contributed by atoms with van der Waals surface area (Å²) in [6, 6.07) is 17.1. The van der Waals surface area contributed by atoms with Gasteiger partial charge < -0.3 is 19.5 Å². The zero-order valence-electron chi connectivity index (χ0n) is 17.6. The van der Waals surface area contributed by atoms with Gasteiger partial charge in [0, 0.05) is 23.4 Å². The first kappa shape index (κ1) is 21.5. The molecule has 0 atom stereocenters. The average Bonchev–Trinajstić information content (AvgIpc) is 2.75. The summed E-state index contributed by atoms with van der Waals surface area (Å²) in [6.45, 7) is 7.58. The van der Waals surface area contributed by atoms with Gasteiger partial charge >= 0.3 is 0 Å². The predicted molar refractivity (Wildman–Crippen MR) is 116 cm³/mol. The Morgan fingerprint density at radius 2 is 1.83 bits per heavy atom. The second-order valence-corrected chi connectivity index (χ2v) is 8.25. The van der Waals surface area contributed by atoms with E-state index in [0.29, 0.717) is 31.4 Å². The van der Waals surface area contributed by atoms with Crippen molar-refractivity contribution >= 4 is 6.29 Å². The maximum atomic E-state index is 10.8. The molecule has 29 heavy (non-hydrogen) atoms. The van der Waals surface area contributed by atoms with Gasteiger partial charge in [0.2, 0.25) is 0 Å². The lowest BCUT2D eigenvalue weighted by molar-refractivity contribution is -0.108. The first-order chi connectivity index (χ1) is 14.1. The number of aldehydes is 1. The minimum absolute atomic E-state index is 0.175. The van der Waals surface area contributed by atoms with E-state index in [1.807, 2.05) is 18.2 Å². The smallest absolute Gasteiger partial charge is 0.122 e. The van der Waals surface area contributed by atoms with E-state index in [-0.39, 0.29) is 5.41 Å². The first-order valence-corrected chi connectivity index (χ1v) is 10.7. The van der Waals surface area contributed by atoms with Crippen LogP contribution in [-0.4, -0.2) is 48.6 Å². The van der Waals surface area contributed by atoms with Crippen molar-refractivity contribution in [2.75, 3.05) is 26.3 Å². The maximum absolute atomic E-state index is 10.8. The summed E-state index contributed by atoms with van der Waals surface area (Å²) in [6.07, 6.45) is 4.06. The highest BCUT2D eigenvalue weighted by atomic mass is 16.5. The summed E-state index contributed by atoms with van der Waals surface area (Å²) in [5.41, 5.74) is 3.28. The van der Waals surface area contributed by atoms with Crippen molar-refractivity contribution in [2.24, 2.45) is 0 Å². The molecule has 0 spiro atoms. The number of likely N-dealkylation sites (tertiary alicyclic amines) is 1. The fraction of sp³-hybridized carbons (Fsp3) is 0.480. The van der Waals surface area contributed by atoms with Crippen molar-refractivity contribution in [3.8, 4) is 5.75 Å². The Labute approximate surface area is 174 Å².